The summed E-state index contributed by atoms with van der Waals surface area (Å²) in [5.41, 5.74) is 2.10. The van der Waals surface area contributed by atoms with Gasteiger partial charge >= 0.3 is 0 Å². The molecule has 0 aliphatic rings. The minimum absolute atomic E-state index is 0.0626. The minimum atomic E-state index is -0.954. The number of hydrogen-bond acceptors (Lipinski definition) is 5. The maximum atomic E-state index is 10.9. The standard InChI is InChI=1S/C15H16O3S2/c1-10(16)19-9-13(17)15(18)14-7-12(8-20-14)11-5-3-2-4-6-11/h2-8,13,15,17-18H,9H2,1H3. The number of benzene rings is 1. The average molecular weight is 308 g/mol. The summed E-state index contributed by atoms with van der Waals surface area (Å²) >= 11 is 2.43. The van der Waals surface area contributed by atoms with Crippen molar-refractivity contribution in [1.82, 2.24) is 0 Å². The van der Waals surface area contributed by atoms with E-state index in [4.69, 9.17) is 0 Å². The molecule has 0 amide bonds. The van der Waals surface area contributed by atoms with Crippen LogP contribution in [0.25, 0.3) is 11.1 Å². The number of aliphatic hydroxyl groups is 2. The number of carbonyl (C=O) groups is 1. The molecule has 1 aromatic heterocycles. The number of rotatable bonds is 5. The van der Waals surface area contributed by atoms with E-state index in [1.54, 1.807) is 0 Å². The number of aliphatic hydroxyl groups excluding tert-OH is 2. The monoisotopic (exact) mass is 308 g/mol. The molecule has 0 spiro atoms. The Morgan fingerprint density at radius 2 is 1.95 bits per heavy atom. The Bertz CT molecular complexity index is 566. The molecule has 2 rings (SSSR count). The molecule has 106 valence electrons. The molecule has 2 atom stereocenters. The lowest BCUT2D eigenvalue weighted by molar-refractivity contribution is -0.109. The summed E-state index contributed by atoms with van der Waals surface area (Å²) in [7, 11) is 0. The second-order valence-corrected chi connectivity index (χ2v) is 6.56. The molecule has 3 nitrogen and oxygen atoms in total. The quantitative estimate of drug-likeness (QED) is 0.891. The second kappa shape index (κ2) is 7.04. The number of carbonyl (C=O) groups excluding carboxylic acids is 1. The summed E-state index contributed by atoms with van der Waals surface area (Å²) < 4.78 is 0. The van der Waals surface area contributed by atoms with Crippen molar-refractivity contribution in [1.29, 1.82) is 0 Å². The van der Waals surface area contributed by atoms with Gasteiger partial charge in [0.2, 0.25) is 0 Å². The fourth-order valence-electron chi connectivity index (χ4n) is 1.77. The van der Waals surface area contributed by atoms with Gasteiger partial charge in [0.15, 0.2) is 5.12 Å². The maximum Gasteiger partial charge on any atom is 0.185 e. The Hall–Kier alpha value is -1.14. The van der Waals surface area contributed by atoms with Crippen LogP contribution >= 0.6 is 23.1 Å². The van der Waals surface area contributed by atoms with Crippen molar-refractivity contribution in [3.63, 3.8) is 0 Å². The van der Waals surface area contributed by atoms with Gasteiger partial charge in [-0.2, -0.15) is 0 Å². The van der Waals surface area contributed by atoms with E-state index in [9.17, 15) is 15.0 Å². The molecule has 0 bridgehead atoms. The molecule has 2 aromatic rings. The Labute approximate surface area is 126 Å². The van der Waals surface area contributed by atoms with Crippen LogP contribution in [0.5, 0.6) is 0 Å². The highest BCUT2D eigenvalue weighted by molar-refractivity contribution is 8.13. The fraction of sp³-hybridized carbons (Fsp3) is 0.267. The third-order valence-electron chi connectivity index (χ3n) is 2.84. The van der Waals surface area contributed by atoms with Crippen LogP contribution < -0.4 is 0 Å². The zero-order chi connectivity index (χ0) is 14.5. The number of thiophene rings is 1. The van der Waals surface area contributed by atoms with Crippen molar-refractivity contribution >= 4 is 28.2 Å². The summed E-state index contributed by atoms with van der Waals surface area (Å²) in [6.45, 7) is 1.45. The molecule has 5 heteroatoms. The smallest absolute Gasteiger partial charge is 0.185 e. The maximum absolute atomic E-state index is 10.9. The van der Waals surface area contributed by atoms with Gasteiger partial charge in [0.1, 0.15) is 6.10 Å². The summed E-state index contributed by atoms with van der Waals surface area (Å²) in [4.78, 5) is 11.6. The Morgan fingerprint density at radius 1 is 1.25 bits per heavy atom. The van der Waals surface area contributed by atoms with E-state index < -0.39 is 12.2 Å². The molecule has 0 saturated heterocycles. The van der Waals surface area contributed by atoms with Gasteiger partial charge in [0.05, 0.1) is 6.10 Å². The van der Waals surface area contributed by atoms with Crippen molar-refractivity contribution in [3.05, 3.63) is 46.7 Å². The predicted molar refractivity (Wildman–Crippen MR) is 83.9 cm³/mol. The van der Waals surface area contributed by atoms with Crippen LogP contribution in [0.2, 0.25) is 0 Å². The van der Waals surface area contributed by atoms with E-state index in [0.717, 1.165) is 22.9 Å². The van der Waals surface area contributed by atoms with E-state index in [1.165, 1.54) is 18.3 Å². The van der Waals surface area contributed by atoms with Crippen molar-refractivity contribution in [2.24, 2.45) is 0 Å². The third-order valence-corrected chi connectivity index (χ3v) is 4.76. The van der Waals surface area contributed by atoms with Crippen LogP contribution in [0, 0.1) is 0 Å². The molecular weight excluding hydrogens is 292 g/mol. The van der Waals surface area contributed by atoms with Crippen molar-refractivity contribution in [2.75, 3.05) is 5.75 Å². The molecular formula is C15H16O3S2. The van der Waals surface area contributed by atoms with Gasteiger partial charge in [0.25, 0.3) is 0 Å². The van der Waals surface area contributed by atoms with Gasteiger partial charge in [0, 0.05) is 17.6 Å². The van der Waals surface area contributed by atoms with E-state index in [-0.39, 0.29) is 10.9 Å². The molecule has 2 N–H and O–H groups in total. The van der Waals surface area contributed by atoms with Gasteiger partial charge in [-0.1, -0.05) is 42.1 Å². The molecule has 1 heterocycles. The first-order chi connectivity index (χ1) is 9.58. The summed E-state index contributed by atoms with van der Waals surface area (Å²) in [5, 5.41) is 21.9. The summed E-state index contributed by atoms with van der Waals surface area (Å²) in [6, 6.07) is 11.8. The molecule has 20 heavy (non-hydrogen) atoms. The molecule has 0 aliphatic heterocycles. The van der Waals surface area contributed by atoms with Crippen molar-refractivity contribution < 1.29 is 15.0 Å². The molecule has 0 saturated carbocycles. The van der Waals surface area contributed by atoms with E-state index in [0.29, 0.717) is 4.88 Å². The Kier molecular flexibility index (Phi) is 5.37. The Morgan fingerprint density at radius 3 is 2.60 bits per heavy atom. The molecule has 0 fully saturated rings. The summed E-state index contributed by atoms with van der Waals surface area (Å²) in [6.07, 6.45) is -1.89. The summed E-state index contributed by atoms with van der Waals surface area (Å²) in [5.74, 6) is 0.203. The largest absolute Gasteiger partial charge is 0.389 e. The van der Waals surface area contributed by atoms with Gasteiger partial charge < -0.3 is 10.2 Å². The van der Waals surface area contributed by atoms with Gasteiger partial charge in [-0.3, -0.25) is 4.79 Å². The first-order valence-electron chi connectivity index (χ1n) is 6.21. The lowest BCUT2D eigenvalue weighted by Gasteiger charge is -2.15. The van der Waals surface area contributed by atoms with Crippen LogP contribution in [0.15, 0.2) is 41.8 Å². The SMILES string of the molecule is CC(=O)SCC(O)C(O)c1cc(-c2ccccc2)cs1. The lowest BCUT2D eigenvalue weighted by atomic mass is 10.1. The minimum Gasteiger partial charge on any atom is -0.389 e. The van der Waals surface area contributed by atoms with Gasteiger partial charge in [-0.15, -0.1) is 11.3 Å². The predicted octanol–water partition coefficient (Wildman–Crippen LogP) is 3.09. The van der Waals surface area contributed by atoms with E-state index in [2.05, 4.69) is 0 Å². The molecule has 0 aliphatic carbocycles. The zero-order valence-corrected chi connectivity index (χ0v) is 12.7. The lowest BCUT2D eigenvalue weighted by Crippen LogP contribution is -2.20. The highest BCUT2D eigenvalue weighted by Gasteiger charge is 2.21. The second-order valence-electron chi connectivity index (χ2n) is 4.42. The Balaban J connectivity index is 2.06. The van der Waals surface area contributed by atoms with Gasteiger partial charge in [-0.25, -0.2) is 0 Å². The number of thioether (sulfide) groups is 1. The normalized spacial score (nSPS) is 13.9. The zero-order valence-electron chi connectivity index (χ0n) is 11.0. The molecule has 1 aromatic carbocycles. The van der Waals surface area contributed by atoms with Crippen LogP contribution in [-0.4, -0.2) is 27.2 Å². The van der Waals surface area contributed by atoms with E-state index >= 15 is 0 Å². The topological polar surface area (TPSA) is 57.5 Å². The first-order valence-corrected chi connectivity index (χ1v) is 8.08. The van der Waals surface area contributed by atoms with Crippen LogP contribution in [0.1, 0.15) is 17.9 Å². The van der Waals surface area contributed by atoms with Gasteiger partial charge in [-0.05, 0) is 22.6 Å². The van der Waals surface area contributed by atoms with Crippen molar-refractivity contribution in [3.8, 4) is 11.1 Å². The number of hydrogen-bond donors (Lipinski definition) is 2. The van der Waals surface area contributed by atoms with Crippen LogP contribution in [0.4, 0.5) is 0 Å². The molecule has 2 unspecified atom stereocenters. The van der Waals surface area contributed by atoms with E-state index in [1.807, 2.05) is 41.8 Å². The van der Waals surface area contributed by atoms with Crippen LogP contribution in [-0.2, 0) is 4.79 Å². The highest BCUT2D eigenvalue weighted by atomic mass is 32.2. The molecule has 0 radical (unpaired) electrons. The first kappa shape index (κ1) is 15.3. The highest BCUT2D eigenvalue weighted by Crippen LogP contribution is 2.31. The average Bonchev–Trinajstić information content (AvgIpc) is 2.94. The fourth-order valence-corrected chi connectivity index (χ4v) is 3.32. The van der Waals surface area contributed by atoms with Crippen LogP contribution in [0.3, 0.4) is 0 Å². The third kappa shape index (κ3) is 3.93. The van der Waals surface area contributed by atoms with Crippen molar-refractivity contribution in [2.45, 2.75) is 19.1 Å².